The summed E-state index contributed by atoms with van der Waals surface area (Å²) >= 11 is 1.84. The molecule has 1 N–H and O–H groups in total. The zero-order valence-corrected chi connectivity index (χ0v) is 13.6. The summed E-state index contributed by atoms with van der Waals surface area (Å²) in [4.78, 5) is 1.43. The van der Waals surface area contributed by atoms with Gasteiger partial charge in [-0.25, -0.2) is 0 Å². The second-order valence-electron chi connectivity index (χ2n) is 5.65. The minimum atomic E-state index is 0.326. The molecule has 3 aromatic rings. The van der Waals surface area contributed by atoms with E-state index in [0.29, 0.717) is 12.1 Å². The molecule has 2 heteroatoms. The Kier molecular flexibility index (Phi) is 4.09. The van der Waals surface area contributed by atoms with E-state index < -0.39 is 0 Å². The van der Waals surface area contributed by atoms with E-state index in [2.05, 4.69) is 80.0 Å². The van der Waals surface area contributed by atoms with Crippen molar-refractivity contribution >= 4 is 22.1 Å². The van der Waals surface area contributed by atoms with Gasteiger partial charge in [0, 0.05) is 17.0 Å². The molecule has 3 rings (SSSR count). The third kappa shape index (κ3) is 2.87. The van der Waals surface area contributed by atoms with E-state index in [1.165, 1.54) is 26.8 Å². The van der Waals surface area contributed by atoms with Crippen LogP contribution in [0.3, 0.4) is 0 Å². The van der Waals surface area contributed by atoms with Crippen LogP contribution < -0.4 is 5.32 Å². The van der Waals surface area contributed by atoms with Crippen molar-refractivity contribution in [1.29, 1.82) is 0 Å². The first-order chi connectivity index (χ1) is 10.2. The maximum Gasteiger partial charge on any atom is 0.0393 e. The molecule has 1 nitrogen and oxygen atoms in total. The Hall–Kier alpha value is -1.64. The monoisotopic (exact) mass is 295 g/mol. The molecule has 21 heavy (non-hydrogen) atoms. The van der Waals surface area contributed by atoms with Gasteiger partial charge in [-0.3, -0.25) is 0 Å². The first kappa shape index (κ1) is 14.3. The summed E-state index contributed by atoms with van der Waals surface area (Å²) in [6, 6.07) is 18.1. The molecule has 0 fully saturated rings. The van der Waals surface area contributed by atoms with E-state index >= 15 is 0 Å². The van der Waals surface area contributed by atoms with Gasteiger partial charge in [0.05, 0.1) is 0 Å². The standard InChI is InChI=1S/C19H21NS/c1-13-11-12-21-19(13)15(3)20-14(2)17-10-6-8-16-7-4-5-9-18(16)17/h4-12,14-15,20H,1-3H3. The van der Waals surface area contributed by atoms with Gasteiger partial charge in [0.25, 0.3) is 0 Å². The molecular formula is C19H21NS. The molecule has 1 heterocycles. The highest BCUT2D eigenvalue weighted by Crippen LogP contribution is 2.29. The van der Waals surface area contributed by atoms with Crippen molar-refractivity contribution in [3.63, 3.8) is 0 Å². The number of aryl methyl sites for hydroxylation is 1. The van der Waals surface area contributed by atoms with E-state index in [1.807, 2.05) is 11.3 Å². The lowest BCUT2D eigenvalue weighted by molar-refractivity contribution is 0.501. The van der Waals surface area contributed by atoms with Crippen LogP contribution in [0.5, 0.6) is 0 Å². The highest BCUT2D eigenvalue weighted by molar-refractivity contribution is 7.10. The van der Waals surface area contributed by atoms with Crippen LogP contribution in [0.4, 0.5) is 0 Å². The van der Waals surface area contributed by atoms with Crippen molar-refractivity contribution < 1.29 is 0 Å². The number of benzene rings is 2. The number of nitrogens with one attached hydrogen (secondary N) is 1. The molecule has 0 saturated heterocycles. The second-order valence-corrected chi connectivity index (χ2v) is 6.59. The fraction of sp³-hybridized carbons (Fsp3) is 0.263. The Bertz CT molecular complexity index is 739. The van der Waals surface area contributed by atoms with E-state index in [4.69, 9.17) is 0 Å². The summed E-state index contributed by atoms with van der Waals surface area (Å²) in [5, 5.41) is 8.57. The van der Waals surface area contributed by atoms with Crippen LogP contribution in [-0.4, -0.2) is 0 Å². The lowest BCUT2D eigenvalue weighted by atomic mass is 9.99. The van der Waals surface area contributed by atoms with Crippen molar-refractivity contribution in [2.75, 3.05) is 0 Å². The summed E-state index contributed by atoms with van der Waals surface area (Å²) < 4.78 is 0. The molecule has 1 aromatic heterocycles. The van der Waals surface area contributed by atoms with Crippen molar-refractivity contribution in [2.24, 2.45) is 0 Å². The number of hydrogen-bond acceptors (Lipinski definition) is 2. The van der Waals surface area contributed by atoms with E-state index in [1.54, 1.807) is 0 Å². The predicted octanol–water partition coefficient (Wildman–Crippen LogP) is 5.62. The normalized spacial score (nSPS) is 14.2. The lowest BCUT2D eigenvalue weighted by Crippen LogP contribution is -2.22. The van der Waals surface area contributed by atoms with Crippen LogP contribution in [0.15, 0.2) is 53.9 Å². The average Bonchev–Trinajstić information content (AvgIpc) is 2.92. The summed E-state index contributed by atoms with van der Waals surface area (Å²) in [7, 11) is 0. The van der Waals surface area contributed by atoms with Crippen LogP contribution in [-0.2, 0) is 0 Å². The third-order valence-corrected chi connectivity index (χ3v) is 5.29. The quantitative estimate of drug-likeness (QED) is 0.658. The maximum absolute atomic E-state index is 3.74. The molecule has 0 radical (unpaired) electrons. The van der Waals surface area contributed by atoms with Crippen LogP contribution in [0.25, 0.3) is 10.8 Å². The zero-order valence-electron chi connectivity index (χ0n) is 12.8. The van der Waals surface area contributed by atoms with Gasteiger partial charge in [-0.1, -0.05) is 42.5 Å². The molecule has 0 aliphatic heterocycles. The third-order valence-electron chi connectivity index (χ3n) is 4.08. The Labute approximate surface area is 130 Å². The Morgan fingerprint density at radius 3 is 2.43 bits per heavy atom. The number of fused-ring (bicyclic) bond motifs is 1. The zero-order chi connectivity index (χ0) is 14.8. The molecule has 0 bridgehead atoms. The number of thiophene rings is 1. The first-order valence-electron chi connectivity index (χ1n) is 7.44. The largest absolute Gasteiger partial charge is 0.303 e. The fourth-order valence-corrected chi connectivity index (χ4v) is 3.94. The van der Waals surface area contributed by atoms with E-state index in [-0.39, 0.29) is 0 Å². The van der Waals surface area contributed by atoms with Crippen molar-refractivity contribution in [3.05, 3.63) is 69.9 Å². The highest BCUT2D eigenvalue weighted by atomic mass is 32.1. The summed E-state index contributed by atoms with van der Waals surface area (Å²) in [5.41, 5.74) is 2.75. The Balaban J connectivity index is 1.87. The number of rotatable bonds is 4. The number of hydrogen-bond donors (Lipinski definition) is 1. The van der Waals surface area contributed by atoms with Gasteiger partial charge in [-0.15, -0.1) is 11.3 Å². The van der Waals surface area contributed by atoms with Gasteiger partial charge in [0.15, 0.2) is 0 Å². The second kappa shape index (κ2) is 6.00. The molecule has 0 aliphatic rings. The van der Waals surface area contributed by atoms with Crippen molar-refractivity contribution in [2.45, 2.75) is 32.9 Å². The van der Waals surface area contributed by atoms with Crippen molar-refractivity contribution in [1.82, 2.24) is 5.32 Å². The Morgan fingerprint density at radius 2 is 1.67 bits per heavy atom. The molecular weight excluding hydrogens is 274 g/mol. The molecule has 0 saturated carbocycles. The maximum atomic E-state index is 3.74. The SMILES string of the molecule is Cc1ccsc1C(C)NC(C)c1cccc2ccccc12. The van der Waals surface area contributed by atoms with Crippen LogP contribution >= 0.6 is 11.3 Å². The molecule has 2 atom stereocenters. The molecule has 0 amide bonds. The molecule has 2 unspecified atom stereocenters. The summed E-state index contributed by atoms with van der Waals surface area (Å²) in [5.74, 6) is 0. The van der Waals surface area contributed by atoms with Crippen LogP contribution in [0.1, 0.15) is 41.9 Å². The van der Waals surface area contributed by atoms with Gasteiger partial charge >= 0.3 is 0 Å². The summed E-state index contributed by atoms with van der Waals surface area (Å²) in [6.07, 6.45) is 0. The topological polar surface area (TPSA) is 12.0 Å². The van der Waals surface area contributed by atoms with Gasteiger partial charge in [0.1, 0.15) is 0 Å². The van der Waals surface area contributed by atoms with Gasteiger partial charge < -0.3 is 5.32 Å². The van der Waals surface area contributed by atoms with Gasteiger partial charge in [-0.2, -0.15) is 0 Å². The first-order valence-corrected chi connectivity index (χ1v) is 8.32. The summed E-state index contributed by atoms with van der Waals surface area (Å²) in [6.45, 7) is 6.69. The van der Waals surface area contributed by atoms with E-state index in [0.717, 1.165) is 0 Å². The van der Waals surface area contributed by atoms with Gasteiger partial charge in [0.2, 0.25) is 0 Å². The smallest absolute Gasteiger partial charge is 0.0393 e. The predicted molar refractivity (Wildman–Crippen MR) is 93.0 cm³/mol. The van der Waals surface area contributed by atoms with E-state index in [9.17, 15) is 0 Å². The molecule has 2 aromatic carbocycles. The van der Waals surface area contributed by atoms with Crippen molar-refractivity contribution in [3.8, 4) is 0 Å². The fourth-order valence-electron chi connectivity index (χ4n) is 3.00. The van der Waals surface area contributed by atoms with Gasteiger partial charge in [-0.05, 0) is 54.1 Å². The molecule has 0 spiro atoms. The van der Waals surface area contributed by atoms with Crippen LogP contribution in [0, 0.1) is 6.92 Å². The minimum Gasteiger partial charge on any atom is -0.303 e. The van der Waals surface area contributed by atoms with Crippen LogP contribution in [0.2, 0.25) is 0 Å². The molecule has 108 valence electrons. The Morgan fingerprint density at radius 1 is 0.905 bits per heavy atom. The lowest BCUT2D eigenvalue weighted by Gasteiger charge is -2.21. The average molecular weight is 295 g/mol. The molecule has 0 aliphatic carbocycles. The minimum absolute atomic E-state index is 0.326. The highest BCUT2D eigenvalue weighted by Gasteiger charge is 2.15.